The second-order valence-electron chi connectivity index (χ2n) is 3.46. The summed E-state index contributed by atoms with van der Waals surface area (Å²) in [5.74, 6) is -0.749. The van der Waals surface area contributed by atoms with Crippen molar-refractivity contribution in [1.82, 2.24) is 9.55 Å². The van der Waals surface area contributed by atoms with E-state index in [9.17, 15) is 4.79 Å². The zero-order chi connectivity index (χ0) is 11.4. The molecule has 0 unspecified atom stereocenters. The van der Waals surface area contributed by atoms with E-state index in [1.54, 1.807) is 11.3 Å². The molecule has 0 saturated heterocycles. The average molecular weight is 236 g/mol. The first-order chi connectivity index (χ1) is 7.75. The first kappa shape index (κ1) is 10.9. The third-order valence-corrected chi connectivity index (χ3v) is 3.09. The van der Waals surface area contributed by atoms with Gasteiger partial charge in [0.15, 0.2) is 5.13 Å². The number of hydrogen-bond donors (Lipinski definition) is 1. The van der Waals surface area contributed by atoms with Gasteiger partial charge in [-0.2, -0.15) is 0 Å². The van der Waals surface area contributed by atoms with Crippen LogP contribution in [0.4, 0.5) is 0 Å². The van der Waals surface area contributed by atoms with Crippen LogP contribution in [0.2, 0.25) is 0 Å². The zero-order valence-corrected chi connectivity index (χ0v) is 9.48. The summed E-state index contributed by atoms with van der Waals surface area (Å²) < 4.78 is 1.95. The molecule has 0 spiro atoms. The van der Waals surface area contributed by atoms with Gasteiger partial charge in [-0.05, 0) is 25.0 Å². The maximum absolute atomic E-state index is 10.4. The molecule has 0 aliphatic heterocycles. The third-order valence-electron chi connectivity index (χ3n) is 2.19. The standard InChI is InChI=1S/C11H12N2O2S/c14-10(15)5-3-4-9-8-16-11(12-9)13-6-1-2-7-13/h1-2,6-8H,3-5H2,(H,14,15). The molecule has 0 radical (unpaired) electrons. The first-order valence-electron chi connectivity index (χ1n) is 5.05. The Bertz CT molecular complexity index is 462. The number of carboxylic acid groups (broad SMARTS) is 1. The van der Waals surface area contributed by atoms with Crippen LogP contribution in [0.15, 0.2) is 29.9 Å². The second-order valence-corrected chi connectivity index (χ2v) is 4.30. The summed E-state index contributed by atoms with van der Waals surface area (Å²) >= 11 is 1.57. The van der Waals surface area contributed by atoms with Crippen LogP contribution in [0.3, 0.4) is 0 Å². The molecule has 0 saturated carbocycles. The number of thiazole rings is 1. The number of carbonyl (C=O) groups is 1. The molecule has 4 nitrogen and oxygen atoms in total. The van der Waals surface area contributed by atoms with Gasteiger partial charge in [-0.1, -0.05) is 0 Å². The van der Waals surface area contributed by atoms with Crippen molar-refractivity contribution in [2.75, 3.05) is 0 Å². The van der Waals surface area contributed by atoms with Crippen LogP contribution in [0, 0.1) is 0 Å². The minimum absolute atomic E-state index is 0.205. The Morgan fingerprint density at radius 1 is 1.44 bits per heavy atom. The smallest absolute Gasteiger partial charge is 0.303 e. The van der Waals surface area contributed by atoms with E-state index in [1.807, 2.05) is 34.5 Å². The van der Waals surface area contributed by atoms with E-state index in [-0.39, 0.29) is 6.42 Å². The number of hydrogen-bond acceptors (Lipinski definition) is 3. The molecule has 0 aromatic carbocycles. The van der Waals surface area contributed by atoms with E-state index in [4.69, 9.17) is 5.11 Å². The van der Waals surface area contributed by atoms with Crippen LogP contribution in [-0.2, 0) is 11.2 Å². The first-order valence-corrected chi connectivity index (χ1v) is 5.93. The van der Waals surface area contributed by atoms with Gasteiger partial charge in [-0.15, -0.1) is 11.3 Å². The molecule has 0 atom stereocenters. The van der Waals surface area contributed by atoms with Crippen molar-refractivity contribution in [2.45, 2.75) is 19.3 Å². The van der Waals surface area contributed by atoms with Crippen LogP contribution < -0.4 is 0 Å². The van der Waals surface area contributed by atoms with Crippen LogP contribution >= 0.6 is 11.3 Å². The van der Waals surface area contributed by atoms with Crippen molar-refractivity contribution < 1.29 is 9.90 Å². The number of carboxylic acids is 1. The Hall–Kier alpha value is -1.62. The van der Waals surface area contributed by atoms with Gasteiger partial charge in [0.2, 0.25) is 0 Å². The normalized spacial score (nSPS) is 10.5. The highest BCUT2D eigenvalue weighted by Gasteiger charge is 2.04. The Labute approximate surface area is 97.2 Å². The summed E-state index contributed by atoms with van der Waals surface area (Å²) in [5.41, 5.74) is 0.968. The molecule has 0 bridgehead atoms. The van der Waals surface area contributed by atoms with Gasteiger partial charge in [0, 0.05) is 24.2 Å². The summed E-state index contributed by atoms with van der Waals surface area (Å²) in [6.07, 6.45) is 5.46. The zero-order valence-electron chi connectivity index (χ0n) is 8.67. The van der Waals surface area contributed by atoms with Crippen molar-refractivity contribution in [3.8, 4) is 5.13 Å². The number of rotatable bonds is 5. The van der Waals surface area contributed by atoms with Gasteiger partial charge < -0.3 is 9.67 Å². The summed E-state index contributed by atoms with van der Waals surface area (Å²) in [7, 11) is 0. The van der Waals surface area contributed by atoms with Gasteiger partial charge in [-0.25, -0.2) is 4.98 Å². The fourth-order valence-corrected chi connectivity index (χ4v) is 2.24. The molecule has 2 aromatic heterocycles. The topological polar surface area (TPSA) is 55.1 Å². The maximum Gasteiger partial charge on any atom is 0.303 e. The Morgan fingerprint density at radius 3 is 2.88 bits per heavy atom. The highest BCUT2D eigenvalue weighted by molar-refractivity contribution is 7.12. The lowest BCUT2D eigenvalue weighted by molar-refractivity contribution is -0.137. The molecule has 1 N–H and O–H groups in total. The van der Waals surface area contributed by atoms with Crippen LogP contribution in [0.25, 0.3) is 5.13 Å². The van der Waals surface area contributed by atoms with Crippen molar-refractivity contribution in [2.24, 2.45) is 0 Å². The Morgan fingerprint density at radius 2 is 2.19 bits per heavy atom. The maximum atomic E-state index is 10.4. The van der Waals surface area contributed by atoms with Gasteiger partial charge in [-0.3, -0.25) is 4.79 Å². The quantitative estimate of drug-likeness (QED) is 0.866. The lowest BCUT2D eigenvalue weighted by atomic mass is 10.2. The van der Waals surface area contributed by atoms with Crippen molar-refractivity contribution in [3.63, 3.8) is 0 Å². The predicted octanol–water partition coefficient (Wildman–Crippen LogP) is 2.34. The molecular weight excluding hydrogens is 224 g/mol. The Balaban J connectivity index is 1.95. The van der Waals surface area contributed by atoms with E-state index in [0.29, 0.717) is 6.42 Å². The molecule has 5 heteroatoms. The molecule has 0 amide bonds. The molecular formula is C11H12N2O2S. The summed E-state index contributed by atoms with van der Waals surface area (Å²) in [6.45, 7) is 0. The molecule has 0 aliphatic rings. The third kappa shape index (κ3) is 2.70. The molecule has 2 aromatic rings. The van der Waals surface area contributed by atoms with Crippen molar-refractivity contribution >= 4 is 17.3 Å². The lowest BCUT2D eigenvalue weighted by Gasteiger charge is -1.95. The van der Waals surface area contributed by atoms with Gasteiger partial charge in [0.05, 0.1) is 5.69 Å². The van der Waals surface area contributed by atoms with Crippen molar-refractivity contribution in [3.05, 3.63) is 35.6 Å². The number of nitrogens with zero attached hydrogens (tertiary/aromatic N) is 2. The Kier molecular flexibility index (Phi) is 3.36. The molecule has 84 valence electrons. The van der Waals surface area contributed by atoms with Gasteiger partial charge >= 0.3 is 5.97 Å². The lowest BCUT2D eigenvalue weighted by Crippen LogP contribution is -1.96. The van der Waals surface area contributed by atoms with Gasteiger partial charge in [0.25, 0.3) is 0 Å². The predicted molar refractivity (Wildman–Crippen MR) is 62.0 cm³/mol. The average Bonchev–Trinajstić information content (AvgIpc) is 2.85. The largest absolute Gasteiger partial charge is 0.481 e. The highest BCUT2D eigenvalue weighted by Crippen LogP contribution is 2.16. The monoisotopic (exact) mass is 236 g/mol. The highest BCUT2D eigenvalue weighted by atomic mass is 32.1. The van der Waals surface area contributed by atoms with Crippen LogP contribution in [0.5, 0.6) is 0 Å². The van der Waals surface area contributed by atoms with Crippen LogP contribution in [0.1, 0.15) is 18.5 Å². The van der Waals surface area contributed by atoms with E-state index >= 15 is 0 Å². The fraction of sp³-hybridized carbons (Fsp3) is 0.273. The molecule has 2 rings (SSSR count). The van der Waals surface area contributed by atoms with Gasteiger partial charge in [0.1, 0.15) is 0 Å². The van der Waals surface area contributed by atoms with E-state index < -0.39 is 5.97 Å². The SMILES string of the molecule is O=C(O)CCCc1csc(-n2cccc2)n1. The number of aryl methyl sites for hydroxylation is 1. The molecule has 16 heavy (non-hydrogen) atoms. The molecule has 0 fully saturated rings. The minimum atomic E-state index is -0.749. The van der Waals surface area contributed by atoms with E-state index in [0.717, 1.165) is 17.2 Å². The molecule has 2 heterocycles. The van der Waals surface area contributed by atoms with Crippen molar-refractivity contribution in [1.29, 1.82) is 0 Å². The summed E-state index contributed by atoms with van der Waals surface area (Å²) in [5, 5.41) is 11.4. The number of aliphatic carboxylic acids is 1. The number of aromatic nitrogens is 2. The summed E-state index contributed by atoms with van der Waals surface area (Å²) in [6, 6.07) is 3.90. The fourth-order valence-electron chi connectivity index (χ4n) is 1.41. The summed E-state index contributed by atoms with van der Waals surface area (Å²) in [4.78, 5) is 14.8. The second kappa shape index (κ2) is 4.94. The van der Waals surface area contributed by atoms with E-state index in [2.05, 4.69) is 4.98 Å². The van der Waals surface area contributed by atoms with E-state index in [1.165, 1.54) is 0 Å². The minimum Gasteiger partial charge on any atom is -0.481 e. The van der Waals surface area contributed by atoms with Crippen LogP contribution in [-0.4, -0.2) is 20.6 Å². The molecule has 0 aliphatic carbocycles.